The van der Waals surface area contributed by atoms with Gasteiger partial charge >= 0.3 is 0 Å². The predicted molar refractivity (Wildman–Crippen MR) is 142 cm³/mol. The fraction of sp³-hybridized carbons (Fsp3) is 0.214. The standard InChI is InChI=1S/C28H28BrN3O3/c1-3-14-35-27-25(29)15-21(16-26(27)34-2)17-30-31-28(33)23-10-8-20(9-11-23)18-32-13-12-22-6-4-5-7-24(22)19-32/h3-11,15-17H,1,12-14,18-19H2,2H3,(H,31,33). The summed E-state index contributed by atoms with van der Waals surface area (Å²) < 4.78 is 11.8. The van der Waals surface area contributed by atoms with Crippen molar-refractivity contribution in [2.45, 2.75) is 19.5 Å². The van der Waals surface area contributed by atoms with Crippen LogP contribution in [0.4, 0.5) is 0 Å². The number of benzene rings is 3. The maximum Gasteiger partial charge on any atom is 0.271 e. The summed E-state index contributed by atoms with van der Waals surface area (Å²) in [5.41, 5.74) is 7.91. The van der Waals surface area contributed by atoms with Gasteiger partial charge in [-0.2, -0.15) is 5.10 Å². The lowest BCUT2D eigenvalue weighted by Crippen LogP contribution is -2.30. The minimum atomic E-state index is -0.267. The molecular weight excluding hydrogens is 506 g/mol. The van der Waals surface area contributed by atoms with Crippen LogP contribution in [0.2, 0.25) is 0 Å². The molecule has 0 fully saturated rings. The van der Waals surface area contributed by atoms with E-state index in [1.54, 1.807) is 25.5 Å². The number of hydrogen-bond donors (Lipinski definition) is 1. The van der Waals surface area contributed by atoms with Gasteiger partial charge in [0.2, 0.25) is 0 Å². The summed E-state index contributed by atoms with van der Waals surface area (Å²) in [7, 11) is 1.57. The van der Waals surface area contributed by atoms with Crippen LogP contribution < -0.4 is 14.9 Å². The van der Waals surface area contributed by atoms with Crippen LogP contribution in [0, 0.1) is 0 Å². The second kappa shape index (κ2) is 11.8. The Morgan fingerprint density at radius 2 is 1.94 bits per heavy atom. The molecule has 1 aliphatic heterocycles. The lowest BCUT2D eigenvalue weighted by atomic mass is 9.99. The molecule has 0 saturated heterocycles. The first-order valence-corrected chi connectivity index (χ1v) is 12.2. The number of amides is 1. The molecule has 180 valence electrons. The van der Waals surface area contributed by atoms with Crippen LogP contribution in [0.3, 0.4) is 0 Å². The van der Waals surface area contributed by atoms with Crippen LogP contribution >= 0.6 is 15.9 Å². The molecule has 0 aliphatic carbocycles. The van der Waals surface area contributed by atoms with Crippen molar-refractivity contribution in [3.05, 3.63) is 106 Å². The van der Waals surface area contributed by atoms with E-state index in [2.05, 4.69) is 62.2 Å². The van der Waals surface area contributed by atoms with E-state index in [-0.39, 0.29) is 5.91 Å². The second-order valence-corrected chi connectivity index (χ2v) is 9.11. The quantitative estimate of drug-likeness (QED) is 0.229. The third-order valence-corrected chi connectivity index (χ3v) is 6.40. The largest absolute Gasteiger partial charge is 0.493 e. The zero-order valence-corrected chi connectivity index (χ0v) is 21.3. The summed E-state index contributed by atoms with van der Waals surface area (Å²) >= 11 is 3.49. The molecule has 7 heteroatoms. The van der Waals surface area contributed by atoms with Crippen molar-refractivity contribution >= 4 is 28.1 Å². The monoisotopic (exact) mass is 533 g/mol. The number of methoxy groups -OCH3 is 1. The van der Waals surface area contributed by atoms with Crippen molar-refractivity contribution in [2.24, 2.45) is 5.10 Å². The van der Waals surface area contributed by atoms with Gasteiger partial charge in [-0.05, 0) is 68.9 Å². The van der Waals surface area contributed by atoms with Crippen LogP contribution in [0.5, 0.6) is 11.5 Å². The van der Waals surface area contributed by atoms with Gasteiger partial charge < -0.3 is 9.47 Å². The molecular formula is C28H28BrN3O3. The molecule has 0 unspecified atom stereocenters. The van der Waals surface area contributed by atoms with Gasteiger partial charge in [-0.15, -0.1) is 0 Å². The number of rotatable bonds is 9. The van der Waals surface area contributed by atoms with Crippen molar-refractivity contribution < 1.29 is 14.3 Å². The molecule has 0 bridgehead atoms. The predicted octanol–water partition coefficient (Wildman–Crippen LogP) is 5.34. The van der Waals surface area contributed by atoms with Crippen molar-refractivity contribution in [1.82, 2.24) is 10.3 Å². The molecule has 1 amide bonds. The Morgan fingerprint density at radius 3 is 2.69 bits per heavy atom. The number of hydrazone groups is 1. The summed E-state index contributed by atoms with van der Waals surface area (Å²) in [6.07, 6.45) is 4.29. The Bertz CT molecular complexity index is 1220. The van der Waals surface area contributed by atoms with E-state index in [4.69, 9.17) is 9.47 Å². The van der Waals surface area contributed by atoms with Gasteiger partial charge in [-0.1, -0.05) is 49.1 Å². The van der Waals surface area contributed by atoms with Crippen molar-refractivity contribution in [1.29, 1.82) is 0 Å². The third-order valence-electron chi connectivity index (χ3n) is 5.81. The summed E-state index contributed by atoms with van der Waals surface area (Å²) in [5.74, 6) is 0.876. The van der Waals surface area contributed by atoms with Crippen LogP contribution in [-0.2, 0) is 19.5 Å². The molecule has 35 heavy (non-hydrogen) atoms. The molecule has 1 heterocycles. The Hall–Kier alpha value is -3.42. The Balaban J connectivity index is 1.33. The van der Waals surface area contributed by atoms with E-state index in [0.29, 0.717) is 23.7 Å². The Kier molecular flexibility index (Phi) is 8.34. The molecule has 4 rings (SSSR count). The van der Waals surface area contributed by atoms with Crippen molar-refractivity contribution in [2.75, 3.05) is 20.3 Å². The average Bonchev–Trinajstić information content (AvgIpc) is 2.88. The summed E-state index contributed by atoms with van der Waals surface area (Å²) in [4.78, 5) is 15.0. The molecule has 1 N–H and O–H groups in total. The number of hydrogen-bond acceptors (Lipinski definition) is 5. The van der Waals surface area contributed by atoms with Gasteiger partial charge in [0.05, 0.1) is 17.8 Å². The first kappa shape index (κ1) is 24.7. The molecule has 0 atom stereocenters. The highest BCUT2D eigenvalue weighted by atomic mass is 79.9. The fourth-order valence-corrected chi connectivity index (χ4v) is 4.61. The first-order chi connectivity index (χ1) is 17.1. The molecule has 6 nitrogen and oxygen atoms in total. The molecule has 1 aliphatic rings. The minimum absolute atomic E-state index is 0.267. The van der Waals surface area contributed by atoms with E-state index in [0.717, 1.165) is 36.1 Å². The van der Waals surface area contributed by atoms with Gasteiger partial charge in [-0.3, -0.25) is 9.69 Å². The third kappa shape index (κ3) is 6.38. The molecule has 3 aromatic carbocycles. The second-order valence-electron chi connectivity index (χ2n) is 8.26. The van der Waals surface area contributed by atoms with Crippen LogP contribution in [-0.4, -0.2) is 37.3 Å². The highest BCUT2D eigenvalue weighted by Crippen LogP contribution is 2.36. The smallest absolute Gasteiger partial charge is 0.271 e. The van der Waals surface area contributed by atoms with Gasteiger partial charge in [-0.25, -0.2) is 5.43 Å². The molecule has 0 spiro atoms. The number of nitrogens with zero attached hydrogens (tertiary/aromatic N) is 2. The molecule has 3 aromatic rings. The summed E-state index contributed by atoms with van der Waals surface area (Å²) in [6, 6.07) is 19.9. The highest BCUT2D eigenvalue weighted by Gasteiger charge is 2.16. The van der Waals surface area contributed by atoms with E-state index < -0.39 is 0 Å². The van der Waals surface area contributed by atoms with E-state index in [9.17, 15) is 4.79 Å². The topological polar surface area (TPSA) is 63.2 Å². The van der Waals surface area contributed by atoms with Crippen LogP contribution in [0.25, 0.3) is 0 Å². The maximum absolute atomic E-state index is 12.5. The van der Waals surface area contributed by atoms with Gasteiger partial charge in [0, 0.05) is 25.2 Å². The minimum Gasteiger partial charge on any atom is -0.493 e. The number of ether oxygens (including phenoxy) is 2. The Labute approximate surface area is 214 Å². The van der Waals surface area contributed by atoms with Crippen LogP contribution in [0.1, 0.15) is 32.6 Å². The van der Waals surface area contributed by atoms with E-state index >= 15 is 0 Å². The molecule has 0 aromatic heterocycles. The summed E-state index contributed by atoms with van der Waals surface area (Å²) in [5, 5.41) is 4.10. The average molecular weight is 534 g/mol. The van der Waals surface area contributed by atoms with Gasteiger partial charge in [0.25, 0.3) is 5.91 Å². The fourth-order valence-electron chi connectivity index (χ4n) is 4.04. The highest BCUT2D eigenvalue weighted by molar-refractivity contribution is 9.10. The van der Waals surface area contributed by atoms with E-state index in [1.165, 1.54) is 16.7 Å². The maximum atomic E-state index is 12.5. The number of nitrogens with one attached hydrogen (secondary N) is 1. The number of carbonyl (C=O) groups is 1. The molecule has 0 saturated carbocycles. The number of carbonyl (C=O) groups excluding carboxylic acids is 1. The van der Waals surface area contributed by atoms with Crippen molar-refractivity contribution in [3.8, 4) is 11.5 Å². The zero-order chi connectivity index (χ0) is 24.6. The lowest BCUT2D eigenvalue weighted by Gasteiger charge is -2.28. The first-order valence-electron chi connectivity index (χ1n) is 11.4. The lowest BCUT2D eigenvalue weighted by molar-refractivity contribution is 0.0955. The van der Waals surface area contributed by atoms with Crippen molar-refractivity contribution in [3.63, 3.8) is 0 Å². The molecule has 0 radical (unpaired) electrons. The SMILES string of the molecule is C=CCOc1c(Br)cc(C=NNC(=O)c2ccc(CN3CCc4ccccc4C3)cc2)cc1OC. The zero-order valence-electron chi connectivity index (χ0n) is 19.7. The van der Waals surface area contributed by atoms with Gasteiger partial charge in [0.15, 0.2) is 11.5 Å². The Morgan fingerprint density at radius 1 is 1.17 bits per heavy atom. The van der Waals surface area contributed by atoms with Gasteiger partial charge in [0.1, 0.15) is 6.61 Å². The number of halogens is 1. The number of fused-ring (bicyclic) bond motifs is 1. The summed E-state index contributed by atoms with van der Waals surface area (Å²) in [6.45, 7) is 6.87. The normalized spacial score (nSPS) is 13.3. The van der Waals surface area contributed by atoms with E-state index in [1.807, 2.05) is 30.3 Å². The van der Waals surface area contributed by atoms with Crippen LogP contribution in [0.15, 0.2) is 82.9 Å².